The van der Waals surface area contributed by atoms with Crippen molar-refractivity contribution in [2.24, 2.45) is 0 Å². The Kier molecular flexibility index (Phi) is 4.23. The molecule has 0 heterocycles. The molecule has 0 atom stereocenters. The molecular weight excluding hydrogens is 414 g/mol. The number of carbonyl (C=O) groups is 1. The summed E-state index contributed by atoms with van der Waals surface area (Å²) < 4.78 is 4.45. The maximum absolute atomic E-state index is 10.3. The van der Waals surface area contributed by atoms with Crippen LogP contribution in [0.15, 0.2) is 18.2 Å². The topological polar surface area (TPSA) is 66.8 Å². The second-order valence-electron chi connectivity index (χ2n) is 2.36. The molecule has 0 fully saturated rings. The average molecular weight is 420 g/mol. The van der Waals surface area contributed by atoms with E-state index in [0.29, 0.717) is 5.56 Å². The second kappa shape index (κ2) is 5.01. The summed E-state index contributed by atoms with van der Waals surface area (Å²) in [6.45, 7) is 0. The van der Waals surface area contributed by atoms with Gasteiger partial charge in [-0.15, -0.1) is 0 Å². The van der Waals surface area contributed by atoms with E-state index in [1.807, 2.05) is 0 Å². The summed E-state index contributed by atoms with van der Waals surface area (Å²) in [7, 11) is 0. The van der Waals surface area contributed by atoms with Gasteiger partial charge in [0, 0.05) is 5.56 Å². The first-order valence-corrected chi connectivity index (χ1v) is 6.02. The third-order valence-electron chi connectivity index (χ3n) is 1.46. The lowest BCUT2D eigenvalue weighted by atomic mass is 10.2. The third-order valence-corrected chi connectivity index (χ3v) is 2.80. The zero-order valence-electron chi connectivity index (χ0n) is 6.78. The number of hydrogen-bond donors (Lipinski definition) is 2. The largest absolute Gasteiger partial charge is 0.511 e. The van der Waals surface area contributed by atoms with E-state index in [9.17, 15) is 9.90 Å². The molecule has 76 valence electrons. The van der Waals surface area contributed by atoms with Gasteiger partial charge >= 0.3 is 6.16 Å². The van der Waals surface area contributed by atoms with Gasteiger partial charge in [-0.2, -0.15) is 0 Å². The number of rotatable bonds is 2. The van der Waals surface area contributed by atoms with E-state index in [2.05, 4.69) is 49.9 Å². The Balaban J connectivity index is 3.07. The number of carboxylic acid groups (broad SMARTS) is 1. The number of phenolic OH excluding ortho intramolecular Hbond substituents is 1. The number of phenols is 1. The molecule has 1 aromatic rings. The number of hydrogen-bond acceptors (Lipinski definition) is 3. The van der Waals surface area contributed by atoms with Gasteiger partial charge in [0.15, 0.2) is 11.5 Å². The van der Waals surface area contributed by atoms with Crippen molar-refractivity contribution in [1.82, 2.24) is 0 Å². The fourth-order valence-corrected chi connectivity index (χ4v) is 1.90. The fourth-order valence-electron chi connectivity index (χ4n) is 0.892. The minimum atomic E-state index is -1.43. The van der Waals surface area contributed by atoms with Gasteiger partial charge in [0.05, 0.1) is 1.93 Å². The van der Waals surface area contributed by atoms with Gasteiger partial charge < -0.3 is 14.9 Å². The Labute approximate surface area is 108 Å². The van der Waals surface area contributed by atoms with E-state index >= 15 is 0 Å². The first-order valence-electron chi connectivity index (χ1n) is 3.53. The SMILES string of the molecule is O=C(O)Oc1cccc(C(I)I)c1O. The van der Waals surface area contributed by atoms with Gasteiger partial charge in [-0.05, 0) is 6.07 Å². The number of alkyl halides is 2. The normalized spacial score (nSPS) is 10.2. The predicted molar refractivity (Wildman–Crippen MR) is 67.5 cm³/mol. The summed E-state index contributed by atoms with van der Waals surface area (Å²) in [5.74, 6) is -0.156. The molecule has 1 aromatic carbocycles. The van der Waals surface area contributed by atoms with Crippen molar-refractivity contribution in [3.8, 4) is 11.5 Å². The van der Waals surface area contributed by atoms with E-state index < -0.39 is 6.16 Å². The van der Waals surface area contributed by atoms with Crippen LogP contribution in [-0.4, -0.2) is 16.4 Å². The van der Waals surface area contributed by atoms with Crippen LogP contribution in [-0.2, 0) is 0 Å². The Bertz CT molecular complexity index is 351. The van der Waals surface area contributed by atoms with Crippen LogP contribution in [0.4, 0.5) is 4.79 Å². The van der Waals surface area contributed by atoms with Crippen molar-refractivity contribution in [2.75, 3.05) is 0 Å². The lowest BCUT2D eigenvalue weighted by Crippen LogP contribution is -2.03. The summed E-state index contributed by atoms with van der Waals surface area (Å²) >= 11 is 4.22. The lowest BCUT2D eigenvalue weighted by molar-refractivity contribution is 0.143. The van der Waals surface area contributed by atoms with Gasteiger partial charge in [0.2, 0.25) is 0 Å². The molecule has 2 N–H and O–H groups in total. The number of aromatic hydroxyl groups is 1. The van der Waals surface area contributed by atoms with Crippen LogP contribution in [0.1, 0.15) is 7.49 Å². The van der Waals surface area contributed by atoms with Gasteiger partial charge in [-0.25, -0.2) is 4.79 Å². The molecule has 0 radical (unpaired) electrons. The van der Waals surface area contributed by atoms with Crippen LogP contribution >= 0.6 is 45.2 Å². The molecule has 0 aromatic heterocycles. The summed E-state index contributed by atoms with van der Waals surface area (Å²) in [6, 6.07) is 4.76. The van der Waals surface area contributed by atoms with E-state index in [4.69, 9.17) is 5.11 Å². The van der Waals surface area contributed by atoms with Crippen molar-refractivity contribution in [1.29, 1.82) is 0 Å². The van der Waals surface area contributed by atoms with Crippen molar-refractivity contribution < 1.29 is 19.7 Å². The first kappa shape index (κ1) is 11.8. The summed E-state index contributed by atoms with van der Waals surface area (Å²) in [5.41, 5.74) is 0.643. The highest BCUT2D eigenvalue weighted by Crippen LogP contribution is 2.40. The van der Waals surface area contributed by atoms with Crippen LogP contribution < -0.4 is 4.74 Å². The highest BCUT2D eigenvalue weighted by molar-refractivity contribution is 14.2. The maximum atomic E-state index is 10.3. The highest BCUT2D eigenvalue weighted by atomic mass is 127. The summed E-state index contributed by atoms with van der Waals surface area (Å²) in [5, 5.41) is 18.0. The predicted octanol–water partition coefficient (Wildman–Crippen LogP) is 3.32. The monoisotopic (exact) mass is 420 g/mol. The van der Waals surface area contributed by atoms with Crippen molar-refractivity contribution in [3.05, 3.63) is 23.8 Å². The van der Waals surface area contributed by atoms with Gasteiger partial charge in [0.1, 0.15) is 0 Å². The third kappa shape index (κ3) is 2.87. The van der Waals surface area contributed by atoms with Crippen LogP contribution in [0.3, 0.4) is 0 Å². The Morgan fingerprint density at radius 1 is 1.43 bits per heavy atom. The van der Waals surface area contributed by atoms with Crippen molar-refractivity contribution in [2.45, 2.75) is 1.93 Å². The number of halogens is 2. The number of para-hydroxylation sites is 1. The van der Waals surface area contributed by atoms with E-state index in [0.717, 1.165) is 0 Å². The second-order valence-corrected chi connectivity index (χ2v) is 7.24. The fraction of sp³-hybridized carbons (Fsp3) is 0.125. The molecule has 0 unspecified atom stereocenters. The van der Waals surface area contributed by atoms with Crippen LogP contribution in [0.25, 0.3) is 0 Å². The lowest BCUT2D eigenvalue weighted by Gasteiger charge is -2.08. The molecular formula is C8H6I2O4. The van der Waals surface area contributed by atoms with Crippen LogP contribution in [0.2, 0.25) is 0 Å². The quantitative estimate of drug-likeness (QED) is 0.334. The summed E-state index contributed by atoms with van der Waals surface area (Å²) in [4.78, 5) is 10.3. The average Bonchev–Trinajstić information content (AvgIpc) is 2.07. The maximum Gasteiger partial charge on any atom is 0.511 e. The highest BCUT2D eigenvalue weighted by Gasteiger charge is 2.14. The molecule has 4 nitrogen and oxygen atoms in total. The standard InChI is InChI=1S/C8H6I2O4/c9-7(10)4-2-1-3-5(6(4)11)14-8(12)13/h1-3,7,11H,(H,12,13). The number of benzene rings is 1. The molecule has 0 amide bonds. The molecule has 14 heavy (non-hydrogen) atoms. The Hall–Kier alpha value is -0.250. The molecule has 0 saturated carbocycles. The van der Waals surface area contributed by atoms with E-state index in [1.54, 1.807) is 12.1 Å². The van der Waals surface area contributed by atoms with E-state index in [1.165, 1.54) is 6.07 Å². The molecule has 0 spiro atoms. The van der Waals surface area contributed by atoms with Crippen molar-refractivity contribution in [3.63, 3.8) is 0 Å². The van der Waals surface area contributed by atoms with Gasteiger partial charge in [-0.1, -0.05) is 57.3 Å². The molecule has 1 rings (SSSR count). The van der Waals surface area contributed by atoms with Crippen molar-refractivity contribution >= 4 is 51.3 Å². The first-order chi connectivity index (χ1) is 6.52. The zero-order valence-corrected chi connectivity index (χ0v) is 11.1. The number of ether oxygens (including phenoxy) is 1. The van der Waals surface area contributed by atoms with Crippen LogP contribution in [0, 0.1) is 0 Å². The van der Waals surface area contributed by atoms with Crippen LogP contribution in [0.5, 0.6) is 11.5 Å². The smallest absolute Gasteiger partial charge is 0.504 e. The Morgan fingerprint density at radius 3 is 2.57 bits per heavy atom. The molecule has 6 heteroatoms. The minimum Gasteiger partial charge on any atom is -0.504 e. The molecule has 0 aliphatic carbocycles. The molecule has 0 bridgehead atoms. The summed E-state index contributed by atoms with van der Waals surface area (Å²) in [6.07, 6.45) is -1.43. The van der Waals surface area contributed by atoms with Gasteiger partial charge in [0.25, 0.3) is 0 Å². The van der Waals surface area contributed by atoms with E-state index in [-0.39, 0.29) is 13.4 Å². The Morgan fingerprint density at radius 2 is 2.07 bits per heavy atom. The minimum absolute atomic E-state index is 0.0340. The molecule has 0 aliphatic heterocycles. The zero-order chi connectivity index (χ0) is 10.7. The van der Waals surface area contributed by atoms with Gasteiger partial charge in [-0.3, -0.25) is 0 Å². The molecule has 0 aliphatic rings. The molecule has 0 saturated heterocycles.